The Morgan fingerprint density at radius 3 is 2.94 bits per heavy atom. The summed E-state index contributed by atoms with van der Waals surface area (Å²) in [7, 11) is 0. The van der Waals surface area contributed by atoms with Crippen LogP contribution in [0.2, 0.25) is 0 Å². The summed E-state index contributed by atoms with van der Waals surface area (Å²) < 4.78 is 0. The van der Waals surface area contributed by atoms with Crippen LogP contribution in [0.4, 0.5) is 9.80 Å². The van der Waals surface area contributed by atoms with Crippen molar-refractivity contribution in [2.45, 2.75) is 19.8 Å². The van der Waals surface area contributed by atoms with Crippen molar-refractivity contribution in [3.8, 4) is 0 Å². The second-order valence-corrected chi connectivity index (χ2v) is 3.86. The van der Waals surface area contributed by atoms with E-state index >= 15 is 0 Å². The van der Waals surface area contributed by atoms with Crippen LogP contribution in [-0.4, -0.2) is 28.6 Å². The van der Waals surface area contributed by atoms with Gasteiger partial charge in [-0.3, -0.25) is 10.1 Å². The molecular formula is C9H13N3O3S. The van der Waals surface area contributed by atoms with Gasteiger partial charge in [-0.25, -0.2) is 9.78 Å². The highest BCUT2D eigenvalue weighted by Crippen LogP contribution is 2.19. The zero-order valence-corrected chi connectivity index (χ0v) is 9.63. The molecule has 0 bridgehead atoms. The summed E-state index contributed by atoms with van der Waals surface area (Å²) in [5, 5.41) is 14.2. The van der Waals surface area contributed by atoms with Crippen LogP contribution >= 0.6 is 11.3 Å². The number of carboxylic acids is 1. The van der Waals surface area contributed by atoms with E-state index < -0.39 is 12.0 Å². The molecule has 0 atom stereocenters. The highest BCUT2D eigenvalue weighted by Gasteiger charge is 2.08. The lowest BCUT2D eigenvalue weighted by molar-refractivity contribution is -0.136. The predicted molar refractivity (Wildman–Crippen MR) is 60.8 cm³/mol. The van der Waals surface area contributed by atoms with Crippen LogP contribution in [0.3, 0.4) is 0 Å². The Bertz CT molecular complexity index is 378. The van der Waals surface area contributed by atoms with Crippen molar-refractivity contribution in [2.75, 3.05) is 11.9 Å². The summed E-state index contributed by atoms with van der Waals surface area (Å²) in [4.78, 5) is 25.6. The van der Waals surface area contributed by atoms with E-state index in [0.717, 1.165) is 12.1 Å². The van der Waals surface area contributed by atoms with Gasteiger partial charge in [0.05, 0.1) is 17.6 Å². The van der Waals surface area contributed by atoms with Gasteiger partial charge in [-0.2, -0.15) is 0 Å². The number of aryl methyl sites for hydroxylation is 1. The Balaban J connectivity index is 2.37. The Morgan fingerprint density at radius 2 is 2.31 bits per heavy atom. The van der Waals surface area contributed by atoms with E-state index in [1.165, 1.54) is 11.3 Å². The van der Waals surface area contributed by atoms with Crippen LogP contribution in [-0.2, 0) is 11.2 Å². The normalized spacial score (nSPS) is 9.81. The van der Waals surface area contributed by atoms with Crippen molar-refractivity contribution >= 4 is 28.3 Å². The van der Waals surface area contributed by atoms with Crippen LogP contribution < -0.4 is 10.6 Å². The van der Waals surface area contributed by atoms with E-state index in [1.807, 2.05) is 6.92 Å². The molecule has 6 nitrogen and oxygen atoms in total. The van der Waals surface area contributed by atoms with Gasteiger partial charge in [0.25, 0.3) is 0 Å². The molecule has 3 N–H and O–H groups in total. The number of amides is 2. The topological polar surface area (TPSA) is 91.3 Å². The van der Waals surface area contributed by atoms with Crippen molar-refractivity contribution < 1.29 is 14.7 Å². The van der Waals surface area contributed by atoms with Crippen LogP contribution in [0.5, 0.6) is 0 Å². The SMILES string of the molecule is CCc1ncsc1NC(=O)NCCC(=O)O. The third-order valence-corrected chi connectivity index (χ3v) is 2.61. The molecule has 0 fully saturated rings. The summed E-state index contributed by atoms with van der Waals surface area (Å²) in [6.45, 7) is 2.06. The molecule has 88 valence electrons. The minimum Gasteiger partial charge on any atom is -0.481 e. The van der Waals surface area contributed by atoms with E-state index in [0.29, 0.717) is 5.00 Å². The minimum absolute atomic E-state index is 0.0866. The molecule has 16 heavy (non-hydrogen) atoms. The Kier molecular flexibility index (Phi) is 4.71. The summed E-state index contributed by atoms with van der Waals surface area (Å²) in [6.07, 6.45) is 0.658. The van der Waals surface area contributed by atoms with E-state index in [1.54, 1.807) is 5.51 Å². The number of urea groups is 1. The number of hydrogen-bond acceptors (Lipinski definition) is 4. The lowest BCUT2D eigenvalue weighted by atomic mass is 10.3. The summed E-state index contributed by atoms with van der Waals surface area (Å²) in [5.41, 5.74) is 2.49. The largest absolute Gasteiger partial charge is 0.481 e. The van der Waals surface area contributed by atoms with Gasteiger partial charge in [0.2, 0.25) is 0 Å². The second kappa shape index (κ2) is 6.06. The third kappa shape index (κ3) is 3.85. The molecule has 0 saturated heterocycles. The van der Waals surface area contributed by atoms with Crippen molar-refractivity contribution in [1.29, 1.82) is 0 Å². The number of thiazole rings is 1. The van der Waals surface area contributed by atoms with Gasteiger partial charge in [-0.05, 0) is 6.42 Å². The Labute approximate surface area is 96.7 Å². The molecule has 0 aliphatic carbocycles. The molecule has 7 heteroatoms. The summed E-state index contributed by atoms with van der Waals surface area (Å²) in [6, 6.07) is -0.403. The van der Waals surface area contributed by atoms with E-state index in [9.17, 15) is 9.59 Å². The molecule has 0 aliphatic heterocycles. The van der Waals surface area contributed by atoms with Crippen molar-refractivity contribution in [3.63, 3.8) is 0 Å². The maximum atomic E-state index is 11.3. The fourth-order valence-corrected chi connectivity index (χ4v) is 1.82. The van der Waals surface area contributed by atoms with Gasteiger partial charge in [0, 0.05) is 6.54 Å². The Hall–Kier alpha value is -1.63. The number of hydrogen-bond donors (Lipinski definition) is 3. The number of nitrogens with zero attached hydrogens (tertiary/aromatic N) is 1. The van der Waals surface area contributed by atoms with E-state index in [4.69, 9.17) is 5.11 Å². The van der Waals surface area contributed by atoms with Crippen LogP contribution in [0.1, 0.15) is 19.0 Å². The van der Waals surface area contributed by atoms with Crippen LogP contribution in [0, 0.1) is 0 Å². The standard InChI is InChI=1S/C9H13N3O3S/c1-2-6-8(16-5-11-6)12-9(15)10-4-3-7(13)14/h5H,2-4H2,1H3,(H,13,14)(H2,10,12,15). The molecule has 1 heterocycles. The van der Waals surface area contributed by atoms with Gasteiger partial charge in [0.15, 0.2) is 0 Å². The maximum absolute atomic E-state index is 11.3. The molecule has 0 radical (unpaired) electrons. The highest BCUT2D eigenvalue weighted by molar-refractivity contribution is 7.14. The van der Waals surface area contributed by atoms with Crippen molar-refractivity contribution in [2.24, 2.45) is 0 Å². The zero-order valence-electron chi connectivity index (χ0n) is 8.82. The minimum atomic E-state index is -0.938. The predicted octanol–water partition coefficient (Wildman–Crippen LogP) is 1.30. The van der Waals surface area contributed by atoms with E-state index in [2.05, 4.69) is 15.6 Å². The van der Waals surface area contributed by atoms with E-state index in [-0.39, 0.29) is 13.0 Å². The highest BCUT2D eigenvalue weighted by atomic mass is 32.1. The third-order valence-electron chi connectivity index (χ3n) is 1.83. The number of carboxylic acid groups (broad SMARTS) is 1. The molecule has 1 rings (SSSR count). The average Bonchev–Trinajstić information content (AvgIpc) is 2.64. The van der Waals surface area contributed by atoms with Crippen LogP contribution in [0.25, 0.3) is 0 Å². The first-order valence-electron chi connectivity index (χ1n) is 4.82. The molecule has 1 aromatic rings. The number of carbonyl (C=O) groups excluding carboxylic acids is 1. The maximum Gasteiger partial charge on any atom is 0.319 e. The summed E-state index contributed by atoms with van der Waals surface area (Å²) in [5.74, 6) is -0.938. The van der Waals surface area contributed by atoms with Crippen LogP contribution in [0.15, 0.2) is 5.51 Å². The number of carbonyl (C=O) groups is 2. The van der Waals surface area contributed by atoms with Gasteiger partial charge in [-0.1, -0.05) is 6.92 Å². The monoisotopic (exact) mass is 243 g/mol. The fraction of sp³-hybridized carbons (Fsp3) is 0.444. The molecule has 2 amide bonds. The number of anilines is 1. The molecule has 1 aromatic heterocycles. The number of rotatable bonds is 5. The molecule has 0 spiro atoms. The zero-order chi connectivity index (χ0) is 12.0. The van der Waals surface area contributed by atoms with Crippen molar-refractivity contribution in [3.05, 3.63) is 11.2 Å². The van der Waals surface area contributed by atoms with Gasteiger partial charge >= 0.3 is 12.0 Å². The second-order valence-electron chi connectivity index (χ2n) is 3.01. The quantitative estimate of drug-likeness (QED) is 0.727. The molecule has 0 aliphatic rings. The smallest absolute Gasteiger partial charge is 0.319 e. The van der Waals surface area contributed by atoms with Gasteiger partial charge in [0.1, 0.15) is 5.00 Å². The summed E-state index contributed by atoms with van der Waals surface area (Å²) >= 11 is 1.34. The van der Waals surface area contributed by atoms with Gasteiger partial charge < -0.3 is 10.4 Å². The number of nitrogens with one attached hydrogen (secondary N) is 2. The molecular weight excluding hydrogens is 230 g/mol. The lowest BCUT2D eigenvalue weighted by Crippen LogP contribution is -2.30. The number of aromatic nitrogens is 1. The first-order valence-corrected chi connectivity index (χ1v) is 5.70. The molecule has 0 aromatic carbocycles. The van der Waals surface area contributed by atoms with Crippen molar-refractivity contribution in [1.82, 2.24) is 10.3 Å². The molecule has 0 saturated carbocycles. The first-order chi connectivity index (χ1) is 7.63. The Morgan fingerprint density at radius 1 is 1.56 bits per heavy atom. The fourth-order valence-electron chi connectivity index (χ4n) is 1.05. The number of aliphatic carboxylic acids is 1. The van der Waals surface area contributed by atoms with Gasteiger partial charge in [-0.15, -0.1) is 11.3 Å². The average molecular weight is 243 g/mol. The lowest BCUT2D eigenvalue weighted by Gasteiger charge is -2.05. The first kappa shape index (κ1) is 12.4. The molecule has 0 unspecified atom stereocenters.